The van der Waals surface area contributed by atoms with Crippen molar-refractivity contribution in [3.8, 4) is 0 Å². The van der Waals surface area contributed by atoms with Crippen LogP contribution in [-0.4, -0.2) is 43.3 Å². The number of rotatable bonds is 9. The van der Waals surface area contributed by atoms with Crippen LogP contribution in [0.25, 0.3) is 0 Å². The zero-order valence-corrected chi connectivity index (χ0v) is 13.0. The highest BCUT2D eigenvalue weighted by atomic mass is 16.5. The zero-order chi connectivity index (χ0) is 13.8. The Hall–Kier alpha value is -0.120. The van der Waals surface area contributed by atoms with Crippen LogP contribution >= 0.6 is 0 Å². The van der Waals surface area contributed by atoms with Crippen molar-refractivity contribution in [1.82, 2.24) is 4.90 Å². The molecule has 1 saturated carbocycles. The Morgan fingerprint density at radius 2 is 1.89 bits per heavy atom. The van der Waals surface area contributed by atoms with Crippen molar-refractivity contribution in [3.05, 3.63) is 0 Å². The Balaban J connectivity index is 2.91. The smallest absolute Gasteiger partial charge is 0.0590 e. The van der Waals surface area contributed by atoms with Gasteiger partial charge in [-0.3, -0.25) is 4.90 Å². The second kappa shape index (κ2) is 6.36. The summed E-state index contributed by atoms with van der Waals surface area (Å²) >= 11 is 0. The van der Waals surface area contributed by atoms with E-state index in [1.54, 1.807) is 7.11 Å². The lowest BCUT2D eigenvalue weighted by Gasteiger charge is -2.49. The third-order valence-corrected chi connectivity index (χ3v) is 5.25. The zero-order valence-electron chi connectivity index (χ0n) is 13.0. The molecule has 1 rings (SSSR count). The van der Waals surface area contributed by atoms with Gasteiger partial charge in [-0.15, -0.1) is 0 Å². The summed E-state index contributed by atoms with van der Waals surface area (Å²) < 4.78 is 5.30. The number of hydrogen-bond acceptors (Lipinski definition) is 3. The van der Waals surface area contributed by atoms with Gasteiger partial charge in [-0.05, 0) is 38.0 Å². The maximum absolute atomic E-state index is 6.17. The molecule has 0 radical (unpaired) electrons. The Bertz CT molecular complexity index is 249. The first-order valence-electron chi connectivity index (χ1n) is 7.44. The molecule has 0 aromatic heterocycles. The standard InChI is InChI=1S/C15H32N2O/c1-6-13(7-2)17(10-11-18-5)15(4,12-16)14(3)8-9-14/h13H,6-12,16H2,1-5H3. The van der Waals surface area contributed by atoms with Crippen LogP contribution < -0.4 is 5.73 Å². The summed E-state index contributed by atoms with van der Waals surface area (Å²) in [6.45, 7) is 11.8. The van der Waals surface area contributed by atoms with Crippen LogP contribution in [0.5, 0.6) is 0 Å². The van der Waals surface area contributed by atoms with Crippen molar-refractivity contribution in [2.24, 2.45) is 11.1 Å². The quantitative estimate of drug-likeness (QED) is 0.689. The van der Waals surface area contributed by atoms with Gasteiger partial charge in [0.25, 0.3) is 0 Å². The maximum Gasteiger partial charge on any atom is 0.0590 e. The first-order chi connectivity index (χ1) is 8.49. The van der Waals surface area contributed by atoms with Crippen molar-refractivity contribution < 1.29 is 4.74 Å². The van der Waals surface area contributed by atoms with Crippen LogP contribution in [-0.2, 0) is 4.74 Å². The van der Waals surface area contributed by atoms with Gasteiger partial charge in [-0.2, -0.15) is 0 Å². The minimum atomic E-state index is 0.113. The fraction of sp³-hybridized carbons (Fsp3) is 1.00. The molecule has 3 nitrogen and oxygen atoms in total. The summed E-state index contributed by atoms with van der Waals surface area (Å²) in [6, 6.07) is 0.617. The molecule has 1 unspecified atom stereocenters. The minimum absolute atomic E-state index is 0.113. The summed E-state index contributed by atoms with van der Waals surface area (Å²) in [5.74, 6) is 0. The summed E-state index contributed by atoms with van der Waals surface area (Å²) in [6.07, 6.45) is 4.99. The Labute approximate surface area is 113 Å². The van der Waals surface area contributed by atoms with Crippen LogP contribution in [0.15, 0.2) is 0 Å². The molecule has 1 fully saturated rings. The molecule has 0 bridgehead atoms. The summed E-state index contributed by atoms with van der Waals surface area (Å²) in [7, 11) is 1.78. The second-order valence-corrected chi connectivity index (χ2v) is 6.20. The Morgan fingerprint density at radius 1 is 1.33 bits per heavy atom. The number of methoxy groups -OCH3 is 1. The Morgan fingerprint density at radius 3 is 2.22 bits per heavy atom. The molecule has 1 aliphatic carbocycles. The molecule has 0 aliphatic heterocycles. The molecular formula is C15H32N2O. The average molecular weight is 256 g/mol. The van der Waals surface area contributed by atoms with E-state index in [0.717, 1.165) is 19.7 Å². The molecule has 0 amide bonds. The number of hydrogen-bond donors (Lipinski definition) is 1. The third-order valence-electron chi connectivity index (χ3n) is 5.25. The van der Waals surface area contributed by atoms with E-state index < -0.39 is 0 Å². The van der Waals surface area contributed by atoms with Gasteiger partial charge in [0, 0.05) is 31.8 Å². The number of ether oxygens (including phenoxy) is 1. The van der Waals surface area contributed by atoms with Crippen LogP contribution in [0, 0.1) is 5.41 Å². The first-order valence-corrected chi connectivity index (χ1v) is 7.44. The predicted molar refractivity (Wildman–Crippen MR) is 77.8 cm³/mol. The van der Waals surface area contributed by atoms with Gasteiger partial charge in [0.05, 0.1) is 6.61 Å². The van der Waals surface area contributed by atoms with E-state index in [0.29, 0.717) is 11.5 Å². The molecule has 1 atom stereocenters. The summed E-state index contributed by atoms with van der Waals surface area (Å²) in [5.41, 5.74) is 6.68. The summed E-state index contributed by atoms with van der Waals surface area (Å²) in [4.78, 5) is 2.63. The minimum Gasteiger partial charge on any atom is -0.383 e. The number of nitrogens with two attached hydrogens (primary N) is 1. The molecule has 108 valence electrons. The molecule has 3 heteroatoms. The van der Waals surface area contributed by atoms with Crippen molar-refractivity contribution >= 4 is 0 Å². The fourth-order valence-electron chi connectivity index (χ4n) is 3.19. The topological polar surface area (TPSA) is 38.5 Å². The van der Waals surface area contributed by atoms with E-state index in [-0.39, 0.29) is 5.54 Å². The van der Waals surface area contributed by atoms with Gasteiger partial charge in [0.15, 0.2) is 0 Å². The van der Waals surface area contributed by atoms with E-state index in [1.165, 1.54) is 25.7 Å². The average Bonchev–Trinajstić information content (AvgIpc) is 3.13. The van der Waals surface area contributed by atoms with Gasteiger partial charge in [-0.25, -0.2) is 0 Å². The normalized spacial score (nSPS) is 21.3. The van der Waals surface area contributed by atoms with E-state index in [4.69, 9.17) is 10.5 Å². The molecule has 0 aromatic carbocycles. The lowest BCUT2D eigenvalue weighted by Crippen LogP contribution is -2.61. The first kappa shape index (κ1) is 15.9. The molecule has 18 heavy (non-hydrogen) atoms. The van der Waals surface area contributed by atoms with Gasteiger partial charge in [-0.1, -0.05) is 20.8 Å². The molecular weight excluding hydrogens is 224 g/mol. The highest BCUT2D eigenvalue weighted by Crippen LogP contribution is 2.56. The molecule has 0 saturated heterocycles. The largest absolute Gasteiger partial charge is 0.383 e. The Kier molecular flexibility index (Phi) is 5.63. The van der Waals surface area contributed by atoms with Gasteiger partial charge in [0.1, 0.15) is 0 Å². The van der Waals surface area contributed by atoms with Gasteiger partial charge in [0.2, 0.25) is 0 Å². The van der Waals surface area contributed by atoms with Gasteiger partial charge < -0.3 is 10.5 Å². The van der Waals surface area contributed by atoms with E-state index in [9.17, 15) is 0 Å². The van der Waals surface area contributed by atoms with Crippen LogP contribution in [0.4, 0.5) is 0 Å². The van der Waals surface area contributed by atoms with Crippen molar-refractivity contribution in [3.63, 3.8) is 0 Å². The second-order valence-electron chi connectivity index (χ2n) is 6.20. The van der Waals surface area contributed by atoms with Gasteiger partial charge >= 0.3 is 0 Å². The highest BCUT2D eigenvalue weighted by Gasteiger charge is 2.55. The maximum atomic E-state index is 6.17. The van der Waals surface area contributed by atoms with Crippen molar-refractivity contribution in [1.29, 1.82) is 0 Å². The third kappa shape index (κ3) is 2.89. The monoisotopic (exact) mass is 256 g/mol. The van der Waals surface area contributed by atoms with E-state index >= 15 is 0 Å². The molecule has 0 heterocycles. The van der Waals surface area contributed by atoms with Crippen molar-refractivity contribution in [2.45, 2.75) is 65.0 Å². The lowest BCUT2D eigenvalue weighted by molar-refractivity contribution is -0.0104. The van der Waals surface area contributed by atoms with Crippen LogP contribution in [0.1, 0.15) is 53.4 Å². The molecule has 0 spiro atoms. The fourth-order valence-corrected chi connectivity index (χ4v) is 3.19. The van der Waals surface area contributed by atoms with Crippen molar-refractivity contribution in [2.75, 3.05) is 26.8 Å². The number of nitrogens with zero attached hydrogens (tertiary/aromatic N) is 1. The molecule has 2 N–H and O–H groups in total. The molecule has 0 aromatic rings. The molecule has 1 aliphatic rings. The SMILES string of the molecule is CCC(CC)N(CCOC)C(C)(CN)C1(C)CC1. The predicted octanol–water partition coefficient (Wildman–Crippen LogP) is 2.64. The van der Waals surface area contributed by atoms with Crippen LogP contribution in [0.3, 0.4) is 0 Å². The van der Waals surface area contributed by atoms with E-state index in [2.05, 4.69) is 32.6 Å². The summed E-state index contributed by atoms with van der Waals surface area (Å²) in [5, 5.41) is 0. The highest BCUT2D eigenvalue weighted by molar-refractivity contribution is 5.10. The van der Waals surface area contributed by atoms with Crippen LogP contribution in [0.2, 0.25) is 0 Å². The lowest BCUT2D eigenvalue weighted by atomic mass is 9.80. The van der Waals surface area contributed by atoms with E-state index in [1.807, 2.05) is 0 Å².